The van der Waals surface area contributed by atoms with Crippen molar-refractivity contribution in [3.05, 3.63) is 64.8 Å². The topological polar surface area (TPSA) is 68.2 Å². The molecule has 0 heterocycles. The summed E-state index contributed by atoms with van der Waals surface area (Å²) in [6.45, 7) is 5.83. The van der Waals surface area contributed by atoms with Crippen molar-refractivity contribution in [1.82, 2.24) is 0 Å². The molecule has 0 aliphatic heterocycles. The Morgan fingerprint density at radius 3 is 2.27 bits per heavy atom. The number of nitrogens with zero attached hydrogens (tertiary/aromatic N) is 2. The summed E-state index contributed by atoms with van der Waals surface area (Å²) in [5.41, 5.74) is 0.192. The summed E-state index contributed by atoms with van der Waals surface area (Å²) in [5.74, 6) is -0.847. The molecular formula is C21H20ClF3N4O. The van der Waals surface area contributed by atoms with Crippen LogP contribution in [0.15, 0.2) is 54.2 Å². The number of halogens is 4. The molecule has 0 aromatic heterocycles. The van der Waals surface area contributed by atoms with Gasteiger partial charge < -0.3 is 15.5 Å². The summed E-state index contributed by atoms with van der Waals surface area (Å²) in [5, 5.41) is 13.9. The van der Waals surface area contributed by atoms with E-state index in [0.29, 0.717) is 11.8 Å². The lowest BCUT2D eigenvalue weighted by atomic mass is 10.2. The fourth-order valence-corrected chi connectivity index (χ4v) is 2.90. The van der Waals surface area contributed by atoms with Crippen LogP contribution in [0.2, 0.25) is 5.02 Å². The molecule has 0 unspecified atom stereocenters. The summed E-state index contributed by atoms with van der Waals surface area (Å²) >= 11 is 5.56. The number of hydrogen-bond donors (Lipinski definition) is 2. The maximum absolute atomic E-state index is 12.9. The van der Waals surface area contributed by atoms with Gasteiger partial charge in [-0.25, -0.2) is 0 Å². The number of amides is 1. The van der Waals surface area contributed by atoms with Crippen LogP contribution < -0.4 is 15.5 Å². The lowest BCUT2D eigenvalue weighted by Crippen LogP contribution is -2.21. The molecule has 2 aromatic rings. The Morgan fingerprint density at radius 2 is 1.73 bits per heavy atom. The zero-order chi connectivity index (χ0) is 22.3. The van der Waals surface area contributed by atoms with Crippen molar-refractivity contribution < 1.29 is 18.0 Å². The molecule has 9 heteroatoms. The highest BCUT2D eigenvalue weighted by Gasteiger charge is 2.33. The fourth-order valence-electron chi connectivity index (χ4n) is 2.68. The summed E-state index contributed by atoms with van der Waals surface area (Å²) in [7, 11) is 0. The lowest BCUT2D eigenvalue weighted by molar-refractivity contribution is -0.137. The number of alkyl halides is 3. The van der Waals surface area contributed by atoms with Gasteiger partial charge in [0.1, 0.15) is 11.6 Å². The van der Waals surface area contributed by atoms with Gasteiger partial charge in [-0.15, -0.1) is 0 Å². The van der Waals surface area contributed by atoms with E-state index in [4.69, 9.17) is 11.6 Å². The Labute approximate surface area is 177 Å². The zero-order valence-corrected chi connectivity index (χ0v) is 17.1. The second-order valence-electron chi connectivity index (χ2n) is 6.18. The molecule has 2 rings (SSSR count). The minimum Gasteiger partial charge on any atom is -0.372 e. The second-order valence-corrected chi connectivity index (χ2v) is 6.59. The summed E-state index contributed by atoms with van der Waals surface area (Å²) in [6, 6.07) is 12.1. The largest absolute Gasteiger partial charge is 0.417 e. The number of nitriles is 1. The molecular weight excluding hydrogens is 417 g/mol. The predicted octanol–water partition coefficient (Wildman–Crippen LogP) is 5.66. The number of carbonyl (C=O) groups is 1. The van der Waals surface area contributed by atoms with Crippen molar-refractivity contribution in [3.63, 3.8) is 0 Å². The van der Waals surface area contributed by atoms with Crippen LogP contribution in [0.3, 0.4) is 0 Å². The summed E-state index contributed by atoms with van der Waals surface area (Å²) in [4.78, 5) is 14.4. The van der Waals surface area contributed by atoms with E-state index in [-0.39, 0.29) is 11.3 Å². The third-order valence-corrected chi connectivity index (χ3v) is 4.60. The van der Waals surface area contributed by atoms with Crippen LogP contribution >= 0.6 is 11.6 Å². The average Bonchev–Trinajstić information content (AvgIpc) is 2.71. The summed E-state index contributed by atoms with van der Waals surface area (Å²) < 4.78 is 38.8. The van der Waals surface area contributed by atoms with Crippen LogP contribution in [-0.2, 0) is 11.0 Å². The molecule has 2 aromatic carbocycles. The number of rotatable bonds is 7. The molecule has 1 amide bonds. The molecule has 0 aliphatic rings. The van der Waals surface area contributed by atoms with Crippen LogP contribution in [0, 0.1) is 11.3 Å². The lowest BCUT2D eigenvalue weighted by Gasteiger charge is -2.21. The summed E-state index contributed by atoms with van der Waals surface area (Å²) in [6.07, 6.45) is -3.47. The van der Waals surface area contributed by atoms with E-state index in [9.17, 15) is 23.2 Å². The first-order valence-corrected chi connectivity index (χ1v) is 9.47. The normalized spacial score (nSPS) is 11.6. The fraction of sp³-hybridized carbons (Fsp3) is 0.238. The SMILES string of the molecule is CCN(CC)c1ccc(N/C=C(/C#N)C(=O)Nc2ccc(Cl)c(C(F)(F)F)c2)cc1. The Hall–Kier alpha value is -3.18. The zero-order valence-electron chi connectivity index (χ0n) is 16.3. The quantitative estimate of drug-likeness (QED) is 0.434. The molecule has 2 N–H and O–H groups in total. The highest BCUT2D eigenvalue weighted by molar-refractivity contribution is 6.31. The third-order valence-electron chi connectivity index (χ3n) is 4.27. The highest BCUT2D eigenvalue weighted by Crippen LogP contribution is 2.36. The minimum atomic E-state index is -4.66. The van der Waals surface area contributed by atoms with Gasteiger partial charge in [0.05, 0.1) is 10.6 Å². The first-order valence-electron chi connectivity index (χ1n) is 9.09. The molecule has 0 atom stereocenters. The molecule has 30 heavy (non-hydrogen) atoms. The van der Waals surface area contributed by atoms with Gasteiger partial charge in [0.2, 0.25) is 0 Å². The van der Waals surface area contributed by atoms with Crippen LogP contribution in [0.25, 0.3) is 0 Å². The van der Waals surface area contributed by atoms with Crippen molar-refractivity contribution in [2.24, 2.45) is 0 Å². The predicted molar refractivity (Wildman–Crippen MR) is 112 cm³/mol. The monoisotopic (exact) mass is 436 g/mol. The van der Waals surface area contributed by atoms with E-state index in [1.54, 1.807) is 18.2 Å². The Bertz CT molecular complexity index is 962. The smallest absolute Gasteiger partial charge is 0.372 e. The molecule has 0 saturated heterocycles. The van der Waals surface area contributed by atoms with E-state index >= 15 is 0 Å². The number of benzene rings is 2. The second kappa shape index (κ2) is 10.0. The first-order chi connectivity index (χ1) is 14.2. The van der Waals surface area contributed by atoms with Gasteiger partial charge in [-0.2, -0.15) is 18.4 Å². The van der Waals surface area contributed by atoms with Crippen molar-refractivity contribution in [1.29, 1.82) is 5.26 Å². The molecule has 0 fully saturated rings. The molecule has 5 nitrogen and oxygen atoms in total. The van der Waals surface area contributed by atoms with E-state index < -0.39 is 22.7 Å². The molecule has 0 spiro atoms. The molecule has 0 radical (unpaired) electrons. The van der Waals surface area contributed by atoms with Gasteiger partial charge in [-0.05, 0) is 56.3 Å². The standard InChI is InChI=1S/C21H20ClF3N4O/c1-3-29(4-2)17-8-5-15(6-9-17)27-13-14(12-26)20(30)28-16-7-10-19(22)18(11-16)21(23,24)25/h5-11,13,27H,3-4H2,1-2H3,(H,28,30)/b14-13-. The van der Waals surface area contributed by atoms with E-state index in [2.05, 4.69) is 29.4 Å². The maximum atomic E-state index is 12.9. The van der Waals surface area contributed by atoms with Crippen LogP contribution in [-0.4, -0.2) is 19.0 Å². The molecule has 0 aliphatic carbocycles. The van der Waals surface area contributed by atoms with Gasteiger partial charge in [-0.3, -0.25) is 4.79 Å². The van der Waals surface area contributed by atoms with Gasteiger partial charge in [0.15, 0.2) is 0 Å². The van der Waals surface area contributed by atoms with E-state index in [1.807, 2.05) is 12.1 Å². The number of carbonyl (C=O) groups excluding carboxylic acids is 1. The Balaban J connectivity index is 2.11. The van der Waals surface area contributed by atoms with Crippen molar-refractivity contribution >= 4 is 34.6 Å². The van der Waals surface area contributed by atoms with Crippen LogP contribution in [0.1, 0.15) is 19.4 Å². The minimum absolute atomic E-state index is 0.124. The molecule has 158 valence electrons. The molecule has 0 saturated carbocycles. The van der Waals surface area contributed by atoms with Gasteiger partial charge in [-0.1, -0.05) is 11.6 Å². The van der Waals surface area contributed by atoms with E-state index in [0.717, 1.165) is 24.8 Å². The Morgan fingerprint density at radius 1 is 1.13 bits per heavy atom. The highest BCUT2D eigenvalue weighted by atomic mass is 35.5. The number of hydrogen-bond acceptors (Lipinski definition) is 4. The van der Waals surface area contributed by atoms with Gasteiger partial charge in [0.25, 0.3) is 5.91 Å². The number of anilines is 3. The average molecular weight is 437 g/mol. The van der Waals surface area contributed by atoms with Crippen molar-refractivity contribution in [2.45, 2.75) is 20.0 Å². The van der Waals surface area contributed by atoms with E-state index in [1.165, 1.54) is 12.3 Å². The Kier molecular flexibility index (Phi) is 7.72. The first kappa shape index (κ1) is 23.1. The van der Waals surface area contributed by atoms with Gasteiger partial charge >= 0.3 is 6.18 Å². The molecule has 0 bridgehead atoms. The van der Waals surface area contributed by atoms with Crippen LogP contribution in [0.4, 0.5) is 30.2 Å². The third kappa shape index (κ3) is 5.91. The van der Waals surface area contributed by atoms with Crippen molar-refractivity contribution in [2.75, 3.05) is 28.6 Å². The van der Waals surface area contributed by atoms with Gasteiger partial charge in [0, 0.05) is 36.4 Å². The van der Waals surface area contributed by atoms with Crippen LogP contribution in [0.5, 0.6) is 0 Å². The maximum Gasteiger partial charge on any atom is 0.417 e. The van der Waals surface area contributed by atoms with Crippen molar-refractivity contribution in [3.8, 4) is 6.07 Å². The number of nitrogens with one attached hydrogen (secondary N) is 2.